The van der Waals surface area contributed by atoms with Gasteiger partial charge >= 0.3 is 0 Å². The van der Waals surface area contributed by atoms with Gasteiger partial charge in [-0.05, 0) is 30.5 Å². The Kier molecular flexibility index (Phi) is 2.14. The highest BCUT2D eigenvalue weighted by molar-refractivity contribution is 5.92. The van der Waals surface area contributed by atoms with E-state index in [1.54, 1.807) is 30.3 Å². The van der Waals surface area contributed by atoms with Crippen LogP contribution in [-0.4, -0.2) is 12.0 Å². The number of isocyanates is 1. The number of hydrogen-bond acceptors (Lipinski definition) is 3. The Labute approximate surface area is 86.8 Å². The average Bonchev–Trinajstić information content (AvgIpc) is 3.00. The second-order valence-electron chi connectivity index (χ2n) is 3.68. The zero-order chi connectivity index (χ0) is 10.9. The number of carbonyl (C=O) groups excluding carboxylic acids is 2. The van der Waals surface area contributed by atoms with Crippen molar-refractivity contribution in [2.75, 3.05) is 0 Å². The Morgan fingerprint density at radius 1 is 1.33 bits per heavy atom. The molecule has 2 rings (SSSR count). The van der Waals surface area contributed by atoms with Crippen LogP contribution in [0.2, 0.25) is 0 Å². The van der Waals surface area contributed by atoms with Gasteiger partial charge in [-0.1, -0.05) is 12.1 Å². The summed E-state index contributed by atoms with van der Waals surface area (Å²) in [7, 11) is 0. The van der Waals surface area contributed by atoms with Gasteiger partial charge in [0.25, 0.3) is 0 Å². The third-order valence-corrected chi connectivity index (χ3v) is 2.69. The third kappa shape index (κ3) is 1.67. The molecule has 4 nitrogen and oxygen atoms in total. The van der Waals surface area contributed by atoms with Crippen molar-refractivity contribution in [1.82, 2.24) is 0 Å². The molecule has 0 spiro atoms. The molecule has 0 aromatic heterocycles. The maximum Gasteiger partial charge on any atom is 0.248 e. The van der Waals surface area contributed by atoms with Crippen LogP contribution in [0.3, 0.4) is 0 Å². The minimum atomic E-state index is -0.453. The standard InChI is InChI=1S/C11H10N2O2/c12-10(15)8-1-3-9(4-2-8)11(5-6-11)13-7-14/h1-4H,5-6H2,(H2,12,15). The minimum Gasteiger partial charge on any atom is -0.366 e. The van der Waals surface area contributed by atoms with E-state index in [4.69, 9.17) is 5.73 Å². The molecule has 0 radical (unpaired) electrons. The number of carbonyl (C=O) groups is 1. The lowest BCUT2D eigenvalue weighted by atomic mass is 10.0. The zero-order valence-corrected chi connectivity index (χ0v) is 8.06. The molecule has 1 amide bonds. The molecule has 1 aromatic carbocycles. The van der Waals surface area contributed by atoms with E-state index in [1.165, 1.54) is 0 Å². The van der Waals surface area contributed by atoms with Crippen LogP contribution >= 0.6 is 0 Å². The summed E-state index contributed by atoms with van der Waals surface area (Å²) < 4.78 is 0. The van der Waals surface area contributed by atoms with Gasteiger partial charge in [-0.3, -0.25) is 4.79 Å². The van der Waals surface area contributed by atoms with Crippen LogP contribution in [0, 0.1) is 0 Å². The Balaban J connectivity index is 2.32. The van der Waals surface area contributed by atoms with Gasteiger partial charge in [0.05, 0.1) is 5.54 Å². The number of amides is 1. The highest BCUT2D eigenvalue weighted by atomic mass is 16.1. The summed E-state index contributed by atoms with van der Waals surface area (Å²) in [6.07, 6.45) is 3.31. The Hall–Kier alpha value is -1.93. The number of nitrogens with zero attached hydrogens (tertiary/aromatic N) is 1. The SMILES string of the molecule is NC(=O)c1ccc(C2(N=C=O)CC2)cc1. The second kappa shape index (κ2) is 3.33. The Bertz CT molecular complexity index is 440. The van der Waals surface area contributed by atoms with E-state index in [9.17, 15) is 9.59 Å². The molecule has 1 saturated carbocycles. The second-order valence-corrected chi connectivity index (χ2v) is 3.68. The molecular weight excluding hydrogens is 192 g/mol. The predicted octanol–water partition coefficient (Wildman–Crippen LogP) is 1.11. The van der Waals surface area contributed by atoms with Gasteiger partial charge in [0.15, 0.2) is 0 Å². The van der Waals surface area contributed by atoms with Gasteiger partial charge in [-0.25, -0.2) is 4.79 Å². The number of benzene rings is 1. The maximum atomic E-state index is 10.8. The number of hydrogen-bond donors (Lipinski definition) is 1. The summed E-state index contributed by atoms with van der Waals surface area (Å²) in [6, 6.07) is 6.87. The summed E-state index contributed by atoms with van der Waals surface area (Å²) in [5.74, 6) is -0.453. The van der Waals surface area contributed by atoms with Gasteiger partial charge < -0.3 is 5.73 Å². The molecule has 0 saturated heterocycles. The van der Waals surface area contributed by atoms with E-state index < -0.39 is 5.91 Å². The van der Waals surface area contributed by atoms with Crippen LogP contribution in [0.25, 0.3) is 0 Å². The van der Waals surface area contributed by atoms with Crippen molar-refractivity contribution in [2.24, 2.45) is 10.7 Å². The number of nitrogens with two attached hydrogens (primary N) is 1. The lowest BCUT2D eigenvalue weighted by molar-refractivity contribution is 0.100. The van der Waals surface area contributed by atoms with Crippen molar-refractivity contribution in [3.63, 3.8) is 0 Å². The maximum absolute atomic E-state index is 10.8. The van der Waals surface area contributed by atoms with E-state index in [-0.39, 0.29) is 5.54 Å². The van der Waals surface area contributed by atoms with Crippen LogP contribution in [0.15, 0.2) is 29.3 Å². The van der Waals surface area contributed by atoms with E-state index in [0.29, 0.717) is 5.56 Å². The van der Waals surface area contributed by atoms with Crippen molar-refractivity contribution >= 4 is 12.0 Å². The fourth-order valence-corrected chi connectivity index (χ4v) is 1.62. The topological polar surface area (TPSA) is 72.5 Å². The highest BCUT2D eigenvalue weighted by Crippen LogP contribution is 2.49. The first kappa shape index (κ1) is 9.62. The van der Waals surface area contributed by atoms with Crippen LogP contribution in [-0.2, 0) is 10.3 Å². The third-order valence-electron chi connectivity index (χ3n) is 2.69. The molecule has 1 aliphatic carbocycles. The molecule has 1 fully saturated rings. The van der Waals surface area contributed by atoms with Crippen molar-refractivity contribution in [3.05, 3.63) is 35.4 Å². The molecule has 15 heavy (non-hydrogen) atoms. The van der Waals surface area contributed by atoms with E-state index in [2.05, 4.69) is 4.99 Å². The van der Waals surface area contributed by atoms with Gasteiger partial charge in [0.1, 0.15) is 0 Å². The number of rotatable bonds is 3. The predicted molar refractivity (Wildman–Crippen MR) is 54.0 cm³/mol. The van der Waals surface area contributed by atoms with Gasteiger partial charge in [0.2, 0.25) is 12.0 Å². The van der Waals surface area contributed by atoms with Crippen LogP contribution in [0.5, 0.6) is 0 Å². The average molecular weight is 202 g/mol. The van der Waals surface area contributed by atoms with Crippen LogP contribution in [0.1, 0.15) is 28.8 Å². The van der Waals surface area contributed by atoms with Crippen LogP contribution in [0.4, 0.5) is 0 Å². The first-order valence-electron chi connectivity index (χ1n) is 4.67. The van der Waals surface area contributed by atoms with Crippen LogP contribution < -0.4 is 5.73 Å². The smallest absolute Gasteiger partial charge is 0.248 e. The molecule has 0 aliphatic heterocycles. The first-order chi connectivity index (χ1) is 7.18. The van der Waals surface area contributed by atoms with E-state index in [1.807, 2.05) is 0 Å². The van der Waals surface area contributed by atoms with Crippen molar-refractivity contribution < 1.29 is 9.59 Å². The minimum absolute atomic E-state index is 0.377. The fourth-order valence-electron chi connectivity index (χ4n) is 1.62. The van der Waals surface area contributed by atoms with Gasteiger partial charge in [0, 0.05) is 5.56 Å². The van der Waals surface area contributed by atoms with Gasteiger partial charge in [-0.15, -0.1) is 0 Å². The molecule has 4 heteroatoms. The van der Waals surface area contributed by atoms with Crippen molar-refractivity contribution in [2.45, 2.75) is 18.4 Å². The van der Waals surface area contributed by atoms with Gasteiger partial charge in [-0.2, -0.15) is 4.99 Å². The normalized spacial score (nSPS) is 16.5. The Morgan fingerprint density at radius 3 is 2.33 bits per heavy atom. The summed E-state index contributed by atoms with van der Waals surface area (Å²) in [4.78, 5) is 24.9. The fraction of sp³-hybridized carbons (Fsp3) is 0.273. The lowest BCUT2D eigenvalue weighted by Crippen LogP contribution is -2.11. The molecule has 1 aliphatic rings. The lowest BCUT2D eigenvalue weighted by Gasteiger charge is -2.07. The van der Waals surface area contributed by atoms with Crippen molar-refractivity contribution in [3.8, 4) is 0 Å². The molecule has 2 N–H and O–H groups in total. The molecule has 0 unspecified atom stereocenters. The molecule has 76 valence electrons. The zero-order valence-electron chi connectivity index (χ0n) is 8.06. The van der Waals surface area contributed by atoms with E-state index >= 15 is 0 Å². The number of primary amides is 1. The largest absolute Gasteiger partial charge is 0.366 e. The first-order valence-corrected chi connectivity index (χ1v) is 4.67. The molecular formula is C11H10N2O2. The monoisotopic (exact) mass is 202 g/mol. The highest BCUT2D eigenvalue weighted by Gasteiger charge is 2.44. The van der Waals surface area contributed by atoms with E-state index in [0.717, 1.165) is 18.4 Å². The summed E-state index contributed by atoms with van der Waals surface area (Å²) in [5, 5.41) is 0. The molecule has 1 aromatic rings. The summed E-state index contributed by atoms with van der Waals surface area (Å²) in [5.41, 5.74) is 6.15. The summed E-state index contributed by atoms with van der Waals surface area (Å²) >= 11 is 0. The van der Waals surface area contributed by atoms with Crippen molar-refractivity contribution in [1.29, 1.82) is 0 Å². The quantitative estimate of drug-likeness (QED) is 0.589. The Morgan fingerprint density at radius 2 is 1.93 bits per heavy atom. The molecule has 0 heterocycles. The number of aliphatic imine (C=N–C) groups is 1. The summed E-state index contributed by atoms with van der Waals surface area (Å²) in [6.45, 7) is 0. The molecule has 0 atom stereocenters. The molecule has 0 bridgehead atoms.